The summed E-state index contributed by atoms with van der Waals surface area (Å²) < 4.78 is 26.6. The Balaban J connectivity index is 3.50. The Morgan fingerprint density at radius 1 is 1.53 bits per heavy atom. The molecule has 0 radical (unpaired) electrons. The van der Waals surface area contributed by atoms with Gasteiger partial charge in [0.05, 0.1) is 12.0 Å². The minimum atomic E-state index is -4.27. The van der Waals surface area contributed by atoms with Gasteiger partial charge < -0.3 is 4.74 Å². The van der Waals surface area contributed by atoms with Crippen LogP contribution < -0.4 is 4.74 Å². The molecule has 0 saturated carbocycles. The van der Waals surface area contributed by atoms with Gasteiger partial charge in [-0.2, -0.15) is 4.98 Å². The first-order valence-corrected chi connectivity index (χ1v) is 5.81. The minimum Gasteiger partial charge on any atom is -0.481 e. The van der Waals surface area contributed by atoms with Crippen molar-refractivity contribution in [1.29, 1.82) is 0 Å². The highest BCUT2D eigenvalue weighted by atomic mass is 35.7. The number of ether oxygens (including phenoxy) is 1. The van der Waals surface area contributed by atoms with E-state index in [4.69, 9.17) is 10.7 Å². The van der Waals surface area contributed by atoms with E-state index in [1.54, 1.807) is 0 Å². The van der Waals surface area contributed by atoms with Crippen LogP contribution in [-0.4, -0.2) is 25.4 Å². The first-order valence-electron chi connectivity index (χ1n) is 3.50. The van der Waals surface area contributed by atoms with Crippen LogP contribution in [0.3, 0.4) is 0 Å². The third-order valence-electron chi connectivity index (χ3n) is 1.45. The Labute approximate surface area is 89.2 Å². The average molecular weight is 253 g/mol. The summed E-state index contributed by atoms with van der Waals surface area (Å²) in [7, 11) is 1.96. The largest absolute Gasteiger partial charge is 0.481 e. The van der Waals surface area contributed by atoms with Gasteiger partial charge >= 0.3 is 5.69 Å². The number of pyridine rings is 1. The first kappa shape index (κ1) is 11.7. The van der Waals surface area contributed by atoms with Crippen molar-refractivity contribution in [2.45, 2.75) is 5.03 Å². The van der Waals surface area contributed by atoms with Gasteiger partial charge in [0.2, 0.25) is 5.88 Å². The SMILES string of the molecule is COc1ccc([N+](=O)[O-])c(S(=O)(=O)Cl)n1. The van der Waals surface area contributed by atoms with Crippen LogP contribution >= 0.6 is 10.7 Å². The highest BCUT2D eigenvalue weighted by Gasteiger charge is 2.26. The number of nitrogens with zero attached hydrogens (tertiary/aromatic N) is 2. The van der Waals surface area contributed by atoms with Gasteiger partial charge in [0.25, 0.3) is 14.1 Å². The van der Waals surface area contributed by atoms with Gasteiger partial charge in [-0.05, 0) is 0 Å². The molecule has 1 heterocycles. The molecule has 0 aliphatic heterocycles. The monoisotopic (exact) mass is 252 g/mol. The van der Waals surface area contributed by atoms with Crippen molar-refractivity contribution in [3.8, 4) is 5.88 Å². The molecule has 0 aromatic carbocycles. The van der Waals surface area contributed by atoms with Crippen LogP contribution in [0, 0.1) is 10.1 Å². The molecule has 1 aromatic heterocycles. The summed E-state index contributed by atoms with van der Waals surface area (Å²) >= 11 is 0. The van der Waals surface area contributed by atoms with Crippen molar-refractivity contribution in [2.24, 2.45) is 0 Å². The number of hydrogen-bond acceptors (Lipinski definition) is 6. The molecule has 0 unspecified atom stereocenters. The quantitative estimate of drug-likeness (QED) is 0.451. The van der Waals surface area contributed by atoms with Crippen molar-refractivity contribution in [3.05, 3.63) is 22.2 Å². The van der Waals surface area contributed by atoms with E-state index in [1.165, 1.54) is 13.2 Å². The topological polar surface area (TPSA) is 99.4 Å². The van der Waals surface area contributed by atoms with Gasteiger partial charge in [0.15, 0.2) is 0 Å². The molecule has 0 aliphatic carbocycles. The van der Waals surface area contributed by atoms with Crippen molar-refractivity contribution in [2.75, 3.05) is 7.11 Å². The van der Waals surface area contributed by atoms with Gasteiger partial charge in [-0.1, -0.05) is 0 Å². The molecule has 0 N–H and O–H groups in total. The summed E-state index contributed by atoms with van der Waals surface area (Å²) in [6, 6.07) is 2.13. The lowest BCUT2D eigenvalue weighted by molar-refractivity contribution is -0.388. The standard InChI is InChI=1S/C6H5ClN2O5S/c1-14-5-3-2-4(9(10)11)6(8-5)15(7,12)13/h2-3H,1H3. The molecule has 0 saturated heterocycles. The first-order chi connectivity index (χ1) is 6.86. The molecule has 0 atom stereocenters. The zero-order valence-corrected chi connectivity index (χ0v) is 8.95. The van der Waals surface area contributed by atoms with Crippen LogP contribution in [0.4, 0.5) is 5.69 Å². The third-order valence-corrected chi connectivity index (χ3v) is 2.65. The molecule has 82 valence electrons. The smallest absolute Gasteiger partial charge is 0.308 e. The highest BCUT2D eigenvalue weighted by Crippen LogP contribution is 2.26. The van der Waals surface area contributed by atoms with Gasteiger partial charge in [0.1, 0.15) is 0 Å². The van der Waals surface area contributed by atoms with Crippen molar-refractivity contribution in [3.63, 3.8) is 0 Å². The number of methoxy groups -OCH3 is 1. The fourth-order valence-corrected chi connectivity index (χ4v) is 1.78. The lowest BCUT2D eigenvalue weighted by Crippen LogP contribution is -2.03. The Kier molecular flexibility index (Phi) is 3.10. The highest BCUT2D eigenvalue weighted by molar-refractivity contribution is 8.13. The van der Waals surface area contributed by atoms with Crippen LogP contribution in [0.2, 0.25) is 0 Å². The van der Waals surface area contributed by atoms with Gasteiger partial charge in [-0.3, -0.25) is 10.1 Å². The fourth-order valence-electron chi connectivity index (χ4n) is 0.848. The van der Waals surface area contributed by atoms with E-state index < -0.39 is 24.7 Å². The maximum absolute atomic E-state index is 11.0. The van der Waals surface area contributed by atoms with Crippen LogP contribution in [0.25, 0.3) is 0 Å². The molecule has 1 aromatic rings. The Hall–Kier alpha value is -1.41. The van der Waals surface area contributed by atoms with E-state index >= 15 is 0 Å². The summed E-state index contributed by atoms with van der Waals surface area (Å²) in [4.78, 5) is 13.0. The van der Waals surface area contributed by atoms with Crippen LogP contribution in [0.15, 0.2) is 17.2 Å². The summed E-state index contributed by atoms with van der Waals surface area (Å²) in [6.45, 7) is 0. The fraction of sp³-hybridized carbons (Fsp3) is 0.167. The zero-order valence-electron chi connectivity index (χ0n) is 7.38. The molecule has 9 heteroatoms. The summed E-state index contributed by atoms with van der Waals surface area (Å²) in [5.41, 5.74) is -0.689. The second-order valence-electron chi connectivity index (χ2n) is 2.37. The van der Waals surface area contributed by atoms with E-state index in [9.17, 15) is 18.5 Å². The second kappa shape index (κ2) is 3.99. The molecular formula is C6H5ClN2O5S. The van der Waals surface area contributed by atoms with Crippen molar-refractivity contribution in [1.82, 2.24) is 4.98 Å². The van der Waals surface area contributed by atoms with Crippen molar-refractivity contribution >= 4 is 25.4 Å². The zero-order chi connectivity index (χ0) is 11.6. The number of halogens is 1. The Morgan fingerprint density at radius 2 is 2.13 bits per heavy atom. The van der Waals surface area contributed by atoms with Gasteiger partial charge in [-0.25, -0.2) is 8.42 Å². The minimum absolute atomic E-state index is 0.0696. The Bertz CT molecular complexity index is 500. The van der Waals surface area contributed by atoms with Crippen LogP contribution in [0.1, 0.15) is 0 Å². The van der Waals surface area contributed by atoms with E-state index in [-0.39, 0.29) is 5.88 Å². The van der Waals surface area contributed by atoms with E-state index in [0.29, 0.717) is 0 Å². The summed E-state index contributed by atoms with van der Waals surface area (Å²) in [5.74, 6) is -0.0696. The lowest BCUT2D eigenvalue weighted by atomic mass is 10.4. The lowest BCUT2D eigenvalue weighted by Gasteiger charge is -2.01. The van der Waals surface area contributed by atoms with Gasteiger partial charge in [-0.15, -0.1) is 0 Å². The second-order valence-corrected chi connectivity index (χ2v) is 4.85. The van der Waals surface area contributed by atoms with Crippen LogP contribution in [0.5, 0.6) is 5.88 Å². The molecule has 0 fully saturated rings. The number of aromatic nitrogens is 1. The molecule has 1 rings (SSSR count). The number of nitro groups is 1. The van der Waals surface area contributed by atoms with E-state index in [0.717, 1.165) is 6.07 Å². The predicted molar refractivity (Wildman–Crippen MR) is 50.5 cm³/mol. The van der Waals surface area contributed by atoms with E-state index in [2.05, 4.69) is 9.72 Å². The molecule has 0 aliphatic rings. The molecule has 0 spiro atoms. The number of rotatable bonds is 3. The number of hydrogen-bond donors (Lipinski definition) is 0. The third kappa shape index (κ3) is 2.54. The van der Waals surface area contributed by atoms with Crippen molar-refractivity contribution < 1.29 is 18.1 Å². The van der Waals surface area contributed by atoms with E-state index in [1.807, 2.05) is 0 Å². The maximum Gasteiger partial charge on any atom is 0.308 e. The Morgan fingerprint density at radius 3 is 2.53 bits per heavy atom. The molecule has 7 nitrogen and oxygen atoms in total. The molecule has 0 amide bonds. The molecule has 15 heavy (non-hydrogen) atoms. The molecular weight excluding hydrogens is 248 g/mol. The predicted octanol–water partition coefficient (Wildman–Crippen LogP) is 0.926. The molecule has 0 bridgehead atoms. The summed E-state index contributed by atoms with van der Waals surface area (Å²) in [6.07, 6.45) is 0. The average Bonchev–Trinajstić information content (AvgIpc) is 2.15. The summed E-state index contributed by atoms with van der Waals surface area (Å²) in [5, 5.41) is 9.64. The van der Waals surface area contributed by atoms with Gasteiger partial charge in [0, 0.05) is 22.8 Å². The maximum atomic E-state index is 11.0. The van der Waals surface area contributed by atoms with Crippen LogP contribution in [-0.2, 0) is 9.05 Å². The normalized spacial score (nSPS) is 11.1.